The first kappa shape index (κ1) is 22.9. The molecule has 0 radical (unpaired) electrons. The number of allylic oxidation sites excluding steroid dienone is 2. The Labute approximate surface area is 192 Å². The predicted octanol–water partition coefficient (Wildman–Crippen LogP) is 1.66. The minimum Gasteiger partial charge on any atom is -0.511 e. The quantitative estimate of drug-likeness (QED) is 0.167. The molecule has 0 aromatic heterocycles. The summed E-state index contributed by atoms with van der Waals surface area (Å²) in [5.41, 5.74) is 9.77. The molecule has 0 bridgehead atoms. The standard InChI is InChI=1S/C23H21N3O8/c1-3-12(27)34-22-9-6-11(26-33)16(23(25)32)19(29)15(9)21(31)17-13(22)7(2)8-4-5-10(24)18(28)14(8)20(17)30/h4-5,9,13,15,22,28,31H,2-3,6,24H2,1H3,(H2,25,32)/t9-,13+,15?,22+/m0/s1. The molecule has 0 spiro atoms. The van der Waals surface area contributed by atoms with Gasteiger partial charge in [-0.05, 0) is 22.4 Å². The van der Waals surface area contributed by atoms with Crippen LogP contribution >= 0.6 is 0 Å². The van der Waals surface area contributed by atoms with E-state index in [0.29, 0.717) is 0 Å². The number of nitrogens with two attached hydrogens (primary N) is 2. The molecule has 1 unspecified atom stereocenters. The van der Waals surface area contributed by atoms with E-state index in [1.54, 1.807) is 6.92 Å². The second-order valence-electron chi connectivity index (χ2n) is 8.35. The van der Waals surface area contributed by atoms with E-state index in [9.17, 15) is 34.3 Å². The number of rotatable bonds is 4. The van der Waals surface area contributed by atoms with Gasteiger partial charge in [0.25, 0.3) is 5.91 Å². The molecule has 176 valence electrons. The second kappa shape index (κ2) is 7.94. The van der Waals surface area contributed by atoms with Crippen molar-refractivity contribution < 1.29 is 34.1 Å². The first-order valence-corrected chi connectivity index (χ1v) is 10.4. The number of hydrogen-bond acceptors (Lipinski definition) is 10. The SMILES string of the molecule is C=C1c2ccc(N)c(O)c2C(=O)C2=C(O)C3C(=O)C(C(N)=O)=C(N=O)C[C@@H]3[C@@H](OC(=O)CC)[C@H]12. The van der Waals surface area contributed by atoms with Crippen LogP contribution in [-0.2, 0) is 19.1 Å². The number of nitrogen functional groups attached to an aromatic ring is 1. The highest BCUT2D eigenvalue weighted by molar-refractivity contribution is 6.23. The van der Waals surface area contributed by atoms with E-state index < -0.39 is 70.1 Å². The third-order valence-electron chi connectivity index (χ3n) is 6.62. The van der Waals surface area contributed by atoms with Crippen molar-refractivity contribution in [2.45, 2.75) is 25.9 Å². The van der Waals surface area contributed by atoms with Crippen LogP contribution in [0.3, 0.4) is 0 Å². The van der Waals surface area contributed by atoms with Gasteiger partial charge in [-0.3, -0.25) is 19.2 Å². The van der Waals surface area contributed by atoms with Crippen molar-refractivity contribution in [2.24, 2.45) is 28.7 Å². The average Bonchev–Trinajstić information content (AvgIpc) is 2.79. The Kier molecular flexibility index (Phi) is 5.35. The normalized spacial score (nSPS) is 26.0. The molecule has 4 atom stereocenters. The van der Waals surface area contributed by atoms with Crippen molar-refractivity contribution in [1.29, 1.82) is 0 Å². The molecule has 34 heavy (non-hydrogen) atoms. The van der Waals surface area contributed by atoms with Gasteiger partial charge in [0.15, 0.2) is 11.6 Å². The number of amides is 1. The largest absolute Gasteiger partial charge is 0.511 e. The lowest BCUT2D eigenvalue weighted by Crippen LogP contribution is -2.51. The number of Topliss-reactive ketones (excluding diaryl/α,β-unsaturated/α-hetero) is 2. The number of primary amides is 1. The molecule has 3 aliphatic carbocycles. The third kappa shape index (κ3) is 3.04. The van der Waals surface area contributed by atoms with Crippen LogP contribution in [0.4, 0.5) is 5.69 Å². The molecule has 4 rings (SSSR count). The highest BCUT2D eigenvalue weighted by Gasteiger charge is 2.57. The molecule has 0 saturated heterocycles. The van der Waals surface area contributed by atoms with E-state index >= 15 is 0 Å². The maximum absolute atomic E-state index is 13.5. The monoisotopic (exact) mass is 467 g/mol. The van der Waals surface area contributed by atoms with E-state index in [2.05, 4.69) is 11.8 Å². The maximum atomic E-state index is 13.5. The number of carbonyl (C=O) groups is 4. The molecule has 1 amide bonds. The van der Waals surface area contributed by atoms with E-state index in [1.807, 2.05) is 0 Å². The Balaban J connectivity index is 2.00. The summed E-state index contributed by atoms with van der Waals surface area (Å²) in [6, 6.07) is 2.85. The van der Waals surface area contributed by atoms with Crippen molar-refractivity contribution in [3.8, 4) is 5.75 Å². The summed E-state index contributed by atoms with van der Waals surface area (Å²) >= 11 is 0. The molecule has 11 heteroatoms. The zero-order chi connectivity index (χ0) is 25.1. The summed E-state index contributed by atoms with van der Waals surface area (Å²) in [6.07, 6.45) is -1.55. The number of ether oxygens (including phenoxy) is 1. The number of fused-ring (bicyclic) bond motifs is 3. The molecule has 6 N–H and O–H groups in total. The predicted molar refractivity (Wildman–Crippen MR) is 118 cm³/mol. The molecular weight excluding hydrogens is 446 g/mol. The fraction of sp³-hybridized carbons (Fsp3) is 0.304. The first-order chi connectivity index (χ1) is 16.0. The van der Waals surface area contributed by atoms with Crippen LogP contribution in [0.1, 0.15) is 35.7 Å². The molecule has 3 aliphatic rings. The average molecular weight is 467 g/mol. The lowest BCUT2D eigenvalue weighted by Gasteiger charge is -2.46. The lowest BCUT2D eigenvalue weighted by molar-refractivity contribution is -0.157. The van der Waals surface area contributed by atoms with Crippen LogP contribution in [0.2, 0.25) is 0 Å². The molecule has 0 aliphatic heterocycles. The summed E-state index contributed by atoms with van der Waals surface area (Å²) in [5.74, 6) is -8.53. The van der Waals surface area contributed by atoms with Crippen molar-refractivity contribution in [2.75, 3.05) is 5.73 Å². The molecule has 11 nitrogen and oxygen atoms in total. The number of nitroso groups, excluding NO2 is 1. The van der Waals surface area contributed by atoms with Crippen molar-refractivity contribution in [3.05, 3.63) is 57.3 Å². The smallest absolute Gasteiger partial charge is 0.305 e. The third-order valence-corrected chi connectivity index (χ3v) is 6.62. The fourth-order valence-electron chi connectivity index (χ4n) is 5.08. The van der Waals surface area contributed by atoms with Crippen LogP contribution in [0.5, 0.6) is 5.75 Å². The summed E-state index contributed by atoms with van der Waals surface area (Å²) < 4.78 is 5.63. The van der Waals surface area contributed by atoms with Crippen LogP contribution in [0.15, 0.2) is 46.5 Å². The molecule has 0 saturated carbocycles. The number of anilines is 1. The van der Waals surface area contributed by atoms with Gasteiger partial charge >= 0.3 is 5.97 Å². The van der Waals surface area contributed by atoms with E-state index in [-0.39, 0.29) is 40.8 Å². The molecular formula is C23H21N3O8. The number of phenols is 1. The van der Waals surface area contributed by atoms with Gasteiger partial charge in [0.1, 0.15) is 28.9 Å². The van der Waals surface area contributed by atoms with Gasteiger partial charge in [-0.1, -0.05) is 19.6 Å². The van der Waals surface area contributed by atoms with Gasteiger partial charge in [-0.15, -0.1) is 4.91 Å². The summed E-state index contributed by atoms with van der Waals surface area (Å²) in [5, 5.41) is 24.4. The van der Waals surface area contributed by atoms with Gasteiger partial charge in [0.2, 0.25) is 0 Å². The molecule has 0 heterocycles. The van der Waals surface area contributed by atoms with Crippen molar-refractivity contribution >= 4 is 34.7 Å². The number of nitrogens with zero attached hydrogens (tertiary/aromatic N) is 1. The lowest BCUT2D eigenvalue weighted by atomic mass is 9.59. The Morgan fingerprint density at radius 2 is 1.91 bits per heavy atom. The Hall–Kier alpha value is -4.28. The zero-order valence-electron chi connectivity index (χ0n) is 18.0. The molecule has 0 fully saturated rings. The van der Waals surface area contributed by atoms with Crippen molar-refractivity contribution in [3.63, 3.8) is 0 Å². The van der Waals surface area contributed by atoms with Crippen LogP contribution in [-0.4, -0.2) is 39.8 Å². The topological polar surface area (TPSA) is 199 Å². The minimum absolute atomic E-state index is 0.0327. The summed E-state index contributed by atoms with van der Waals surface area (Å²) in [7, 11) is 0. The van der Waals surface area contributed by atoms with E-state index in [1.165, 1.54) is 12.1 Å². The van der Waals surface area contributed by atoms with E-state index in [4.69, 9.17) is 16.2 Å². The number of phenolic OH excluding ortho intramolecular Hbond substituents is 1. The number of hydrogen-bond donors (Lipinski definition) is 4. The van der Waals surface area contributed by atoms with Gasteiger partial charge in [0, 0.05) is 24.3 Å². The van der Waals surface area contributed by atoms with Crippen molar-refractivity contribution in [1.82, 2.24) is 0 Å². The Morgan fingerprint density at radius 1 is 1.24 bits per heavy atom. The van der Waals surface area contributed by atoms with Gasteiger partial charge < -0.3 is 26.4 Å². The second-order valence-corrected chi connectivity index (χ2v) is 8.35. The highest BCUT2D eigenvalue weighted by atomic mass is 16.5. The van der Waals surface area contributed by atoms with Crippen LogP contribution < -0.4 is 11.5 Å². The highest BCUT2D eigenvalue weighted by Crippen LogP contribution is 2.54. The first-order valence-electron chi connectivity index (χ1n) is 10.4. The number of aliphatic hydroxyl groups is 1. The van der Waals surface area contributed by atoms with Crippen LogP contribution in [0, 0.1) is 22.7 Å². The van der Waals surface area contributed by atoms with Gasteiger partial charge in [-0.2, -0.15) is 0 Å². The Bertz CT molecular complexity index is 1280. The number of benzene rings is 1. The zero-order valence-corrected chi connectivity index (χ0v) is 18.0. The number of aromatic hydroxyl groups is 1. The number of carbonyl (C=O) groups excluding carboxylic acids is 4. The minimum atomic E-state index is -1.50. The van der Waals surface area contributed by atoms with Gasteiger partial charge in [-0.25, -0.2) is 0 Å². The fourth-order valence-corrected chi connectivity index (χ4v) is 5.08. The summed E-state index contributed by atoms with van der Waals surface area (Å²) in [4.78, 5) is 62.4. The number of aliphatic hydroxyl groups excluding tert-OH is 1. The molecule has 1 aromatic rings. The number of esters is 1. The van der Waals surface area contributed by atoms with Crippen LogP contribution in [0.25, 0.3) is 5.57 Å². The number of ketones is 2. The summed E-state index contributed by atoms with van der Waals surface area (Å²) in [6.45, 7) is 5.55. The molecule has 1 aromatic carbocycles. The Morgan fingerprint density at radius 3 is 2.50 bits per heavy atom. The maximum Gasteiger partial charge on any atom is 0.305 e. The van der Waals surface area contributed by atoms with Gasteiger partial charge in [0.05, 0.1) is 23.1 Å². The van der Waals surface area contributed by atoms with E-state index in [0.717, 1.165) is 0 Å².